The number of ether oxygens (including phenoxy) is 1. The van der Waals surface area contributed by atoms with Crippen molar-refractivity contribution in [3.63, 3.8) is 0 Å². The number of esters is 1. The van der Waals surface area contributed by atoms with Crippen LogP contribution in [0, 0.1) is 0 Å². The Morgan fingerprint density at radius 2 is 2.75 bits per heavy atom. The molecule has 0 aromatic carbocycles. The Kier molecular flexibility index (Phi) is 1.28. The molecule has 1 aliphatic rings. The van der Waals surface area contributed by atoms with E-state index in [1.165, 1.54) is 6.40 Å². The fourth-order valence-electron chi connectivity index (χ4n) is 0.567. The third-order valence-electron chi connectivity index (χ3n) is 1.07. The van der Waals surface area contributed by atoms with Crippen LogP contribution in [0.5, 0.6) is 0 Å². The van der Waals surface area contributed by atoms with Crippen molar-refractivity contribution in [3.8, 4) is 0 Å². The van der Waals surface area contributed by atoms with Crippen molar-refractivity contribution in [1.82, 2.24) is 0 Å². The van der Waals surface area contributed by atoms with Gasteiger partial charge in [-0.05, 0) is 6.42 Å². The molecule has 1 heterocycles. The number of carbonyl (C=O) groups is 1. The van der Waals surface area contributed by atoms with Crippen molar-refractivity contribution >= 4 is 12.4 Å². The van der Waals surface area contributed by atoms with Crippen molar-refractivity contribution in [2.24, 2.45) is 4.99 Å². The molecule has 3 heteroatoms. The Morgan fingerprint density at radius 1 is 2.00 bits per heavy atom. The van der Waals surface area contributed by atoms with Crippen molar-refractivity contribution < 1.29 is 9.53 Å². The number of hydrogen-bond acceptors (Lipinski definition) is 3. The topological polar surface area (TPSA) is 38.7 Å². The molecule has 0 spiro atoms. The number of nitrogens with zero attached hydrogens (tertiary/aromatic N) is 1. The van der Waals surface area contributed by atoms with Crippen LogP contribution in [0.25, 0.3) is 0 Å². The van der Waals surface area contributed by atoms with Crippen LogP contribution in [0.2, 0.25) is 0 Å². The summed E-state index contributed by atoms with van der Waals surface area (Å²) in [5.41, 5.74) is 0. The average Bonchev–Trinajstić information content (AvgIpc) is 2.14. The fourth-order valence-corrected chi connectivity index (χ4v) is 0.567. The summed E-state index contributed by atoms with van der Waals surface area (Å²) in [6.45, 7) is 1.90. The molecular weight excluding hydrogens is 106 g/mol. The summed E-state index contributed by atoms with van der Waals surface area (Å²) in [6, 6.07) is -0.227. The Bertz CT molecular complexity index is 130. The van der Waals surface area contributed by atoms with Gasteiger partial charge in [-0.3, -0.25) is 0 Å². The maximum Gasteiger partial charge on any atom is 0.337 e. The van der Waals surface area contributed by atoms with E-state index in [9.17, 15) is 4.79 Å². The Balaban J connectivity index is 2.53. The number of rotatable bonds is 1. The molecule has 1 rings (SSSR count). The molecular formula is C5H7NO2. The van der Waals surface area contributed by atoms with Crippen molar-refractivity contribution in [3.05, 3.63) is 0 Å². The third kappa shape index (κ3) is 0.710. The highest BCUT2D eigenvalue weighted by atomic mass is 16.5. The van der Waals surface area contributed by atoms with Crippen LogP contribution in [0.4, 0.5) is 0 Å². The van der Waals surface area contributed by atoms with Gasteiger partial charge in [0.1, 0.15) is 0 Å². The van der Waals surface area contributed by atoms with Crippen LogP contribution < -0.4 is 0 Å². The van der Waals surface area contributed by atoms with Gasteiger partial charge in [0.25, 0.3) is 0 Å². The molecule has 1 atom stereocenters. The summed E-state index contributed by atoms with van der Waals surface area (Å²) in [7, 11) is 0. The predicted molar refractivity (Wildman–Crippen MR) is 28.7 cm³/mol. The normalized spacial score (nSPS) is 26.1. The summed E-state index contributed by atoms with van der Waals surface area (Å²) in [5, 5.41) is 0. The number of carbonyl (C=O) groups excluding carboxylic acids is 1. The summed E-state index contributed by atoms with van der Waals surface area (Å²) in [5.74, 6) is -0.229. The fraction of sp³-hybridized carbons (Fsp3) is 0.600. The lowest BCUT2D eigenvalue weighted by Crippen LogP contribution is -2.12. The zero-order chi connectivity index (χ0) is 5.98. The minimum absolute atomic E-state index is 0.227. The first-order valence-corrected chi connectivity index (χ1v) is 2.56. The van der Waals surface area contributed by atoms with Gasteiger partial charge in [-0.25, -0.2) is 9.79 Å². The van der Waals surface area contributed by atoms with Crippen LogP contribution in [0.3, 0.4) is 0 Å². The largest absolute Gasteiger partial charge is 0.413 e. The minimum atomic E-state index is -0.229. The number of cyclic esters (lactones) is 1. The Hall–Kier alpha value is -0.860. The maximum atomic E-state index is 10.5. The van der Waals surface area contributed by atoms with E-state index < -0.39 is 0 Å². The van der Waals surface area contributed by atoms with E-state index in [-0.39, 0.29) is 12.0 Å². The average molecular weight is 113 g/mol. The molecule has 1 unspecified atom stereocenters. The summed E-state index contributed by atoms with van der Waals surface area (Å²) in [6.07, 6.45) is 1.94. The van der Waals surface area contributed by atoms with Crippen molar-refractivity contribution in [2.45, 2.75) is 19.4 Å². The number of aliphatic imine (C=N–C) groups is 1. The van der Waals surface area contributed by atoms with E-state index >= 15 is 0 Å². The highest BCUT2D eigenvalue weighted by molar-refractivity contribution is 5.87. The second-order valence-corrected chi connectivity index (χ2v) is 1.62. The van der Waals surface area contributed by atoms with E-state index in [1.807, 2.05) is 6.92 Å². The highest BCUT2D eigenvalue weighted by Crippen LogP contribution is 2.03. The molecule has 0 saturated carbocycles. The van der Waals surface area contributed by atoms with Gasteiger partial charge in [0.05, 0.1) is 0 Å². The quantitative estimate of drug-likeness (QED) is 0.460. The molecule has 0 aromatic heterocycles. The Morgan fingerprint density at radius 3 is 3.00 bits per heavy atom. The lowest BCUT2D eigenvalue weighted by Gasteiger charge is -1.93. The first-order chi connectivity index (χ1) is 3.84. The van der Waals surface area contributed by atoms with Crippen molar-refractivity contribution in [2.75, 3.05) is 0 Å². The van der Waals surface area contributed by atoms with Gasteiger partial charge in [0, 0.05) is 0 Å². The van der Waals surface area contributed by atoms with E-state index in [0.717, 1.165) is 6.42 Å². The SMILES string of the molecule is CCC1N=COC1=O. The van der Waals surface area contributed by atoms with Crippen LogP contribution in [-0.4, -0.2) is 18.4 Å². The van der Waals surface area contributed by atoms with Crippen LogP contribution in [0.1, 0.15) is 13.3 Å². The molecule has 1 aliphatic heterocycles. The highest BCUT2D eigenvalue weighted by Gasteiger charge is 2.19. The molecule has 0 N–H and O–H groups in total. The molecule has 3 nitrogen and oxygen atoms in total. The molecule has 0 amide bonds. The van der Waals surface area contributed by atoms with Crippen LogP contribution in [0.15, 0.2) is 4.99 Å². The van der Waals surface area contributed by atoms with Crippen LogP contribution >= 0.6 is 0 Å². The van der Waals surface area contributed by atoms with Gasteiger partial charge >= 0.3 is 5.97 Å². The summed E-state index contributed by atoms with van der Waals surface area (Å²) in [4.78, 5) is 14.2. The molecule has 44 valence electrons. The zero-order valence-electron chi connectivity index (χ0n) is 4.63. The van der Waals surface area contributed by atoms with Gasteiger partial charge in [0.15, 0.2) is 12.4 Å². The summed E-state index contributed by atoms with van der Waals surface area (Å²) < 4.78 is 4.43. The molecule has 8 heavy (non-hydrogen) atoms. The second-order valence-electron chi connectivity index (χ2n) is 1.62. The standard InChI is InChI=1S/C5H7NO2/c1-2-4-5(7)8-3-6-4/h3-4H,2H2,1H3. The van der Waals surface area contributed by atoms with Gasteiger partial charge in [0.2, 0.25) is 0 Å². The van der Waals surface area contributed by atoms with Gasteiger partial charge in [-0.15, -0.1) is 0 Å². The van der Waals surface area contributed by atoms with E-state index in [2.05, 4.69) is 9.73 Å². The molecule has 0 saturated heterocycles. The van der Waals surface area contributed by atoms with E-state index in [1.54, 1.807) is 0 Å². The molecule has 0 bridgehead atoms. The molecule has 0 radical (unpaired) electrons. The first-order valence-electron chi connectivity index (χ1n) is 2.56. The smallest absolute Gasteiger partial charge is 0.337 e. The molecule has 0 aliphatic carbocycles. The van der Waals surface area contributed by atoms with Gasteiger partial charge in [-0.1, -0.05) is 6.92 Å². The van der Waals surface area contributed by atoms with Gasteiger partial charge in [-0.2, -0.15) is 0 Å². The van der Waals surface area contributed by atoms with E-state index in [0.29, 0.717) is 0 Å². The van der Waals surface area contributed by atoms with Crippen molar-refractivity contribution in [1.29, 1.82) is 0 Å². The zero-order valence-corrected chi connectivity index (χ0v) is 4.63. The van der Waals surface area contributed by atoms with Crippen LogP contribution in [-0.2, 0) is 9.53 Å². The first kappa shape index (κ1) is 5.28. The lowest BCUT2D eigenvalue weighted by atomic mass is 10.2. The monoisotopic (exact) mass is 113 g/mol. The second kappa shape index (κ2) is 1.94. The van der Waals surface area contributed by atoms with E-state index in [4.69, 9.17) is 0 Å². The maximum absolute atomic E-state index is 10.5. The summed E-state index contributed by atoms with van der Waals surface area (Å²) >= 11 is 0. The number of hydrogen-bond donors (Lipinski definition) is 0. The third-order valence-corrected chi connectivity index (χ3v) is 1.07. The predicted octanol–water partition coefficient (Wildman–Crippen LogP) is 0.350. The van der Waals surface area contributed by atoms with Gasteiger partial charge < -0.3 is 4.74 Å². The molecule has 0 fully saturated rings. The molecule has 0 aromatic rings. The minimum Gasteiger partial charge on any atom is -0.413 e. The Labute approximate surface area is 47.4 Å². The lowest BCUT2D eigenvalue weighted by molar-refractivity contribution is -0.134.